The fourth-order valence-electron chi connectivity index (χ4n) is 5.68. The van der Waals surface area contributed by atoms with E-state index in [0.717, 1.165) is 78.2 Å². The molecule has 0 spiro atoms. The molecule has 3 aliphatic rings. The maximum Gasteiger partial charge on any atom is 0.227 e. The van der Waals surface area contributed by atoms with Crippen LogP contribution in [0.1, 0.15) is 20.7 Å². The number of fused-ring (bicyclic) bond motifs is 2. The van der Waals surface area contributed by atoms with Gasteiger partial charge in [0.1, 0.15) is 18.1 Å². The highest BCUT2D eigenvalue weighted by molar-refractivity contribution is 5.95. The summed E-state index contributed by atoms with van der Waals surface area (Å²) in [6.07, 6.45) is 3.38. The Morgan fingerprint density at radius 3 is 2.61 bits per heavy atom. The van der Waals surface area contributed by atoms with Gasteiger partial charge in [0.2, 0.25) is 5.91 Å². The molecule has 2 atom stereocenters. The number of methoxy groups -OCH3 is 1. The van der Waals surface area contributed by atoms with E-state index in [1.807, 2.05) is 43.3 Å². The minimum atomic E-state index is 0. The van der Waals surface area contributed by atoms with E-state index in [4.69, 9.17) is 14.5 Å². The number of aromatic nitrogens is 1. The summed E-state index contributed by atoms with van der Waals surface area (Å²) in [5.74, 6) is 2.40. The Morgan fingerprint density at radius 2 is 1.89 bits per heavy atom. The molecule has 1 saturated carbocycles. The van der Waals surface area contributed by atoms with Crippen molar-refractivity contribution in [2.75, 3.05) is 52.3 Å². The van der Waals surface area contributed by atoms with Crippen LogP contribution in [0.4, 0.5) is 5.69 Å². The summed E-state index contributed by atoms with van der Waals surface area (Å²) in [5.41, 5.74) is 4.12. The van der Waals surface area contributed by atoms with Crippen LogP contribution in [0.15, 0.2) is 48.5 Å². The van der Waals surface area contributed by atoms with E-state index in [9.17, 15) is 4.79 Å². The number of hydrogen-bond donors (Lipinski definition) is 1. The van der Waals surface area contributed by atoms with Crippen LogP contribution in [0.3, 0.4) is 0 Å². The lowest BCUT2D eigenvalue weighted by Gasteiger charge is -2.30. The van der Waals surface area contributed by atoms with Crippen LogP contribution < -0.4 is 19.7 Å². The van der Waals surface area contributed by atoms with E-state index in [0.29, 0.717) is 12.5 Å². The summed E-state index contributed by atoms with van der Waals surface area (Å²) < 4.78 is 11.5. The molecule has 2 aliphatic heterocycles. The SMILES string of the molecule is CNC1(COc2ccc(-c3cc(N4CC5CCN(C)C(=O)C5C4)c4ccc(OC)cc4n3)cc2)CC1.[HH]. The molecule has 3 aromatic rings. The van der Waals surface area contributed by atoms with Gasteiger partial charge in [-0.05, 0) is 74.7 Å². The van der Waals surface area contributed by atoms with E-state index in [-0.39, 0.29) is 18.8 Å². The summed E-state index contributed by atoms with van der Waals surface area (Å²) in [4.78, 5) is 22.1. The largest absolute Gasteiger partial charge is 0.497 e. The Hall–Kier alpha value is -3.32. The highest BCUT2D eigenvalue weighted by Crippen LogP contribution is 2.40. The van der Waals surface area contributed by atoms with Crippen LogP contribution in [0, 0.1) is 11.8 Å². The number of likely N-dealkylation sites (N-methyl/N-ethyl adjacent to an activating group) is 1. The molecule has 1 aliphatic carbocycles. The Morgan fingerprint density at radius 1 is 1.11 bits per heavy atom. The first kappa shape index (κ1) is 23.1. The van der Waals surface area contributed by atoms with Crippen molar-refractivity contribution < 1.29 is 15.7 Å². The smallest absolute Gasteiger partial charge is 0.227 e. The van der Waals surface area contributed by atoms with Gasteiger partial charge in [0.15, 0.2) is 0 Å². The van der Waals surface area contributed by atoms with Crippen LogP contribution in [-0.2, 0) is 4.79 Å². The third-order valence-corrected chi connectivity index (χ3v) is 8.35. The standard InChI is InChI=1S/C29H34N4O3.H2/c1-30-29(11-12-29)18-36-21-6-4-19(5-7-21)25-15-27(23-9-8-22(35-3)14-26(23)31-25)33-16-20-10-13-32(2)28(34)24(20)17-33;/h4-9,14-15,20,24,30H,10-13,16-18H2,1-3H3;1H. The molecule has 190 valence electrons. The van der Waals surface area contributed by atoms with Crippen molar-refractivity contribution >= 4 is 22.5 Å². The predicted octanol–water partition coefficient (Wildman–Crippen LogP) is 4.20. The average molecular weight is 489 g/mol. The minimum absolute atomic E-state index is 0. The van der Waals surface area contributed by atoms with Gasteiger partial charge >= 0.3 is 0 Å². The third kappa shape index (κ3) is 4.15. The lowest BCUT2D eigenvalue weighted by molar-refractivity contribution is -0.137. The Labute approximate surface area is 213 Å². The number of benzene rings is 2. The van der Waals surface area contributed by atoms with Gasteiger partial charge in [0.05, 0.1) is 29.8 Å². The molecule has 0 bridgehead atoms. The van der Waals surface area contributed by atoms with E-state index >= 15 is 0 Å². The van der Waals surface area contributed by atoms with Gasteiger partial charge < -0.3 is 24.6 Å². The molecule has 1 N–H and O–H groups in total. The molecule has 1 aromatic heterocycles. The number of rotatable bonds is 7. The lowest BCUT2D eigenvalue weighted by Crippen LogP contribution is -2.42. The summed E-state index contributed by atoms with van der Waals surface area (Å²) in [7, 11) is 5.60. The number of amides is 1. The van der Waals surface area contributed by atoms with E-state index in [1.54, 1.807) is 7.11 Å². The Bertz CT molecular complexity index is 1290. The highest BCUT2D eigenvalue weighted by Gasteiger charge is 2.43. The van der Waals surface area contributed by atoms with Gasteiger partial charge in [0.25, 0.3) is 0 Å². The topological polar surface area (TPSA) is 66.9 Å². The monoisotopic (exact) mass is 488 g/mol. The number of carbonyl (C=O) groups is 1. The number of carbonyl (C=O) groups excluding carboxylic acids is 1. The third-order valence-electron chi connectivity index (χ3n) is 8.35. The maximum atomic E-state index is 12.8. The number of ether oxygens (including phenoxy) is 2. The fourth-order valence-corrected chi connectivity index (χ4v) is 5.68. The summed E-state index contributed by atoms with van der Waals surface area (Å²) in [6.45, 7) is 3.18. The predicted molar refractivity (Wildman–Crippen MR) is 144 cm³/mol. The van der Waals surface area contributed by atoms with Gasteiger partial charge in [-0.2, -0.15) is 0 Å². The van der Waals surface area contributed by atoms with Gasteiger partial charge in [-0.1, -0.05) is 0 Å². The van der Waals surface area contributed by atoms with E-state index in [2.05, 4.69) is 34.5 Å². The number of likely N-dealkylation sites (tertiary alicyclic amines) is 1. The van der Waals surface area contributed by atoms with Crippen molar-refractivity contribution in [3.05, 3.63) is 48.5 Å². The first-order valence-electron chi connectivity index (χ1n) is 12.9. The molecule has 7 nitrogen and oxygen atoms in total. The average Bonchev–Trinajstić information content (AvgIpc) is 3.57. The number of nitrogens with one attached hydrogen (secondary N) is 1. The number of hydrogen-bond acceptors (Lipinski definition) is 6. The zero-order valence-electron chi connectivity index (χ0n) is 21.3. The van der Waals surface area contributed by atoms with Crippen molar-refractivity contribution in [2.24, 2.45) is 11.8 Å². The second-order valence-corrected chi connectivity index (χ2v) is 10.6. The zero-order valence-corrected chi connectivity index (χ0v) is 21.3. The van der Waals surface area contributed by atoms with Crippen LogP contribution in [0.25, 0.3) is 22.2 Å². The maximum absolute atomic E-state index is 12.8. The molecule has 1 amide bonds. The highest BCUT2D eigenvalue weighted by atomic mass is 16.5. The molecular formula is C29H36N4O3. The van der Waals surface area contributed by atoms with Gasteiger partial charge in [-0.3, -0.25) is 4.79 Å². The number of piperidine rings is 1. The lowest BCUT2D eigenvalue weighted by atomic mass is 9.88. The second kappa shape index (κ2) is 8.96. The molecular weight excluding hydrogens is 452 g/mol. The van der Waals surface area contributed by atoms with Crippen molar-refractivity contribution in [3.8, 4) is 22.8 Å². The van der Waals surface area contributed by atoms with Crippen LogP contribution >= 0.6 is 0 Å². The van der Waals surface area contributed by atoms with Gasteiger partial charge in [-0.15, -0.1) is 0 Å². The van der Waals surface area contributed by atoms with Crippen LogP contribution in [-0.4, -0.2) is 68.8 Å². The number of nitrogens with zero attached hydrogens (tertiary/aromatic N) is 3. The minimum Gasteiger partial charge on any atom is -0.497 e. The van der Waals surface area contributed by atoms with Crippen molar-refractivity contribution in [1.82, 2.24) is 15.2 Å². The quantitative estimate of drug-likeness (QED) is 0.538. The molecule has 2 aromatic carbocycles. The summed E-state index contributed by atoms with van der Waals surface area (Å²) in [6, 6.07) is 16.4. The van der Waals surface area contributed by atoms with Crippen molar-refractivity contribution in [1.29, 1.82) is 0 Å². The molecule has 2 unspecified atom stereocenters. The van der Waals surface area contributed by atoms with Gasteiger partial charge in [-0.25, -0.2) is 4.98 Å². The zero-order chi connectivity index (χ0) is 24.9. The number of anilines is 1. The first-order valence-corrected chi connectivity index (χ1v) is 12.9. The molecule has 2 saturated heterocycles. The van der Waals surface area contributed by atoms with Gasteiger partial charge in [0, 0.05) is 50.8 Å². The molecule has 7 heteroatoms. The molecule has 3 fully saturated rings. The van der Waals surface area contributed by atoms with E-state index in [1.165, 1.54) is 0 Å². The second-order valence-electron chi connectivity index (χ2n) is 10.6. The van der Waals surface area contributed by atoms with Crippen LogP contribution in [0.5, 0.6) is 11.5 Å². The summed E-state index contributed by atoms with van der Waals surface area (Å²) in [5, 5.41) is 4.45. The molecule has 0 radical (unpaired) electrons. The van der Waals surface area contributed by atoms with Crippen molar-refractivity contribution in [3.63, 3.8) is 0 Å². The molecule has 6 rings (SSSR count). The molecule has 3 heterocycles. The fraction of sp³-hybridized carbons (Fsp3) is 0.448. The van der Waals surface area contributed by atoms with Crippen LogP contribution in [0.2, 0.25) is 0 Å². The van der Waals surface area contributed by atoms with E-state index < -0.39 is 0 Å². The normalized spacial score (nSPS) is 22.6. The van der Waals surface area contributed by atoms with Crippen molar-refractivity contribution in [2.45, 2.75) is 24.8 Å². The first-order chi connectivity index (χ1) is 17.5. The molecule has 36 heavy (non-hydrogen) atoms. The number of pyridine rings is 1. The Kier molecular flexibility index (Phi) is 5.75. The summed E-state index contributed by atoms with van der Waals surface area (Å²) >= 11 is 0. The Balaban J connectivity index is 0.00000280.